The van der Waals surface area contributed by atoms with Crippen molar-refractivity contribution in [3.05, 3.63) is 35.9 Å². The molecule has 0 aliphatic rings. The van der Waals surface area contributed by atoms with Crippen LogP contribution < -0.4 is 5.32 Å². The second-order valence-electron chi connectivity index (χ2n) is 5.33. The Hall–Kier alpha value is -1.82. The summed E-state index contributed by atoms with van der Waals surface area (Å²) < 4.78 is 0.337. The summed E-state index contributed by atoms with van der Waals surface area (Å²) in [7, 11) is 6.91. The zero-order chi connectivity index (χ0) is 14.5. The third-order valence-electron chi connectivity index (χ3n) is 2.40. The molecule has 0 spiro atoms. The predicted octanol–water partition coefficient (Wildman–Crippen LogP) is 0.717. The summed E-state index contributed by atoms with van der Waals surface area (Å²) in [6, 6.07) is 8.31. The minimum absolute atomic E-state index is 0.271. The van der Waals surface area contributed by atoms with Crippen molar-refractivity contribution in [1.82, 2.24) is 5.32 Å². The largest absolute Gasteiger partial charge is 0.551 e. The van der Waals surface area contributed by atoms with Gasteiger partial charge in [0.25, 0.3) is 5.81 Å². The molecule has 1 radical (unpaired) electrons. The minimum Gasteiger partial charge on any atom is -0.480 e. The molecular formula is C13H19BN2O3+. The second kappa shape index (κ2) is 6.38. The first-order valence-electron chi connectivity index (χ1n) is 6.02. The standard InChI is InChI=1S/C13H19BN2O3/c1-16(2,3)14-13(19)15-11(12(17)18)9-10-7-5-4-6-8-10/h4-8,11H,9H2,1-3H3,(H,15,19)(H,17,18)/q+1/t11-/m0/s1. The van der Waals surface area contributed by atoms with Crippen molar-refractivity contribution in [2.45, 2.75) is 12.5 Å². The molecule has 101 valence electrons. The van der Waals surface area contributed by atoms with Crippen LogP contribution >= 0.6 is 0 Å². The van der Waals surface area contributed by atoms with Crippen LogP contribution in [0.1, 0.15) is 5.56 Å². The van der Waals surface area contributed by atoms with Gasteiger partial charge in [-0.1, -0.05) is 30.3 Å². The molecule has 1 aromatic carbocycles. The number of nitrogens with zero attached hydrogens (tertiary/aromatic N) is 1. The molecule has 0 fully saturated rings. The first-order valence-corrected chi connectivity index (χ1v) is 6.02. The molecule has 0 saturated carbocycles. The number of rotatable bonds is 6. The lowest BCUT2D eigenvalue weighted by Crippen LogP contribution is -2.51. The van der Waals surface area contributed by atoms with Gasteiger partial charge < -0.3 is 14.8 Å². The van der Waals surface area contributed by atoms with Crippen molar-refractivity contribution in [3.8, 4) is 0 Å². The fourth-order valence-corrected chi connectivity index (χ4v) is 1.61. The fourth-order valence-electron chi connectivity index (χ4n) is 1.61. The highest BCUT2D eigenvalue weighted by Gasteiger charge is 2.27. The molecule has 2 N–H and O–H groups in total. The molecule has 19 heavy (non-hydrogen) atoms. The molecule has 0 aromatic heterocycles. The van der Waals surface area contributed by atoms with Gasteiger partial charge >= 0.3 is 13.4 Å². The third-order valence-corrected chi connectivity index (χ3v) is 2.40. The first kappa shape index (κ1) is 15.2. The van der Waals surface area contributed by atoms with E-state index in [2.05, 4.69) is 5.32 Å². The Kier molecular flexibility index (Phi) is 5.12. The number of benzene rings is 1. The average Bonchev–Trinajstić information content (AvgIpc) is 2.26. The van der Waals surface area contributed by atoms with Crippen molar-refractivity contribution >= 4 is 19.2 Å². The molecule has 0 aliphatic carbocycles. The van der Waals surface area contributed by atoms with Crippen LogP contribution in [0.2, 0.25) is 0 Å². The third kappa shape index (κ3) is 6.06. The van der Waals surface area contributed by atoms with E-state index in [0.29, 0.717) is 4.39 Å². The summed E-state index contributed by atoms with van der Waals surface area (Å²) in [5.41, 5.74) is 0.875. The molecular weight excluding hydrogens is 243 g/mol. The SMILES string of the molecule is C[N+](C)(C)[B]C(=O)N[C@@H](Cc1ccccc1)C(=O)O. The van der Waals surface area contributed by atoms with E-state index < -0.39 is 12.0 Å². The quantitative estimate of drug-likeness (QED) is 0.742. The van der Waals surface area contributed by atoms with Crippen molar-refractivity contribution in [3.63, 3.8) is 0 Å². The molecule has 6 heteroatoms. The smallest absolute Gasteiger partial charge is 0.480 e. The van der Waals surface area contributed by atoms with E-state index in [9.17, 15) is 9.59 Å². The topological polar surface area (TPSA) is 66.4 Å². The summed E-state index contributed by atoms with van der Waals surface area (Å²) in [5, 5.41) is 11.7. The zero-order valence-corrected chi connectivity index (χ0v) is 11.5. The zero-order valence-electron chi connectivity index (χ0n) is 11.5. The lowest BCUT2D eigenvalue weighted by Gasteiger charge is -2.22. The molecule has 0 saturated heterocycles. The molecule has 1 aromatic rings. The van der Waals surface area contributed by atoms with Gasteiger partial charge in [0.05, 0.1) is 0 Å². The lowest BCUT2D eigenvalue weighted by molar-refractivity contribution is -0.753. The summed E-state index contributed by atoms with van der Waals surface area (Å²) in [6.45, 7) is 0. The van der Waals surface area contributed by atoms with Crippen LogP contribution in [-0.4, -0.2) is 55.9 Å². The Morgan fingerprint density at radius 3 is 2.32 bits per heavy atom. The number of amides is 1. The summed E-state index contributed by atoms with van der Waals surface area (Å²) in [5.74, 6) is -1.41. The lowest BCUT2D eigenvalue weighted by atomic mass is 9.87. The van der Waals surface area contributed by atoms with Gasteiger partial charge in [0.1, 0.15) is 6.04 Å². The van der Waals surface area contributed by atoms with Gasteiger partial charge in [-0.05, 0) is 5.56 Å². The summed E-state index contributed by atoms with van der Waals surface area (Å²) in [6.07, 6.45) is 0.271. The molecule has 0 aliphatic heterocycles. The van der Waals surface area contributed by atoms with Gasteiger partial charge in [-0.3, -0.25) is 4.79 Å². The maximum Gasteiger partial charge on any atom is 0.551 e. The number of hydrogen-bond acceptors (Lipinski definition) is 2. The highest BCUT2D eigenvalue weighted by molar-refractivity contribution is 6.67. The molecule has 0 unspecified atom stereocenters. The Bertz CT molecular complexity index is 443. The molecule has 1 amide bonds. The maximum atomic E-state index is 11.7. The van der Waals surface area contributed by atoms with Crippen LogP contribution in [-0.2, 0) is 11.2 Å². The number of quaternary nitrogens is 1. The van der Waals surface area contributed by atoms with Crippen LogP contribution in [0.3, 0.4) is 0 Å². The van der Waals surface area contributed by atoms with E-state index in [1.54, 1.807) is 0 Å². The number of aliphatic carboxylic acids is 1. The van der Waals surface area contributed by atoms with Crippen LogP contribution in [0.5, 0.6) is 0 Å². The number of carbonyl (C=O) groups is 2. The van der Waals surface area contributed by atoms with E-state index in [4.69, 9.17) is 5.11 Å². The number of carboxylic acids is 1. The number of nitrogens with one attached hydrogen (secondary N) is 1. The van der Waals surface area contributed by atoms with E-state index >= 15 is 0 Å². The summed E-state index contributed by atoms with van der Waals surface area (Å²) in [4.78, 5) is 22.9. The molecule has 1 rings (SSSR count). The van der Waals surface area contributed by atoms with Gasteiger partial charge in [0.15, 0.2) is 0 Å². The van der Waals surface area contributed by atoms with Gasteiger partial charge in [-0.15, -0.1) is 0 Å². The Balaban J connectivity index is 2.64. The van der Waals surface area contributed by atoms with Gasteiger partial charge in [-0.2, -0.15) is 0 Å². The van der Waals surface area contributed by atoms with E-state index in [-0.39, 0.29) is 12.2 Å². The fraction of sp³-hybridized carbons (Fsp3) is 0.385. The van der Waals surface area contributed by atoms with Gasteiger partial charge in [-0.25, -0.2) is 4.79 Å². The highest BCUT2D eigenvalue weighted by atomic mass is 16.4. The second-order valence-corrected chi connectivity index (χ2v) is 5.33. The van der Waals surface area contributed by atoms with E-state index in [1.807, 2.05) is 51.5 Å². The van der Waals surface area contributed by atoms with Crippen molar-refractivity contribution < 1.29 is 19.1 Å². The van der Waals surface area contributed by atoms with Crippen molar-refractivity contribution in [1.29, 1.82) is 0 Å². The van der Waals surface area contributed by atoms with Crippen molar-refractivity contribution in [2.24, 2.45) is 0 Å². The van der Waals surface area contributed by atoms with Gasteiger partial charge in [0, 0.05) is 27.6 Å². The normalized spacial score (nSPS) is 12.6. The van der Waals surface area contributed by atoms with Crippen molar-refractivity contribution in [2.75, 3.05) is 21.1 Å². The summed E-state index contributed by atoms with van der Waals surface area (Å²) >= 11 is 0. The first-order chi connectivity index (χ1) is 8.78. The van der Waals surface area contributed by atoms with E-state index in [1.165, 1.54) is 7.41 Å². The Morgan fingerprint density at radius 2 is 1.84 bits per heavy atom. The Morgan fingerprint density at radius 1 is 1.26 bits per heavy atom. The van der Waals surface area contributed by atoms with Crippen LogP contribution in [0, 0.1) is 0 Å². The number of carbonyl (C=O) groups excluding carboxylic acids is 1. The number of carboxylic acid groups (broad SMARTS) is 1. The van der Waals surface area contributed by atoms with Gasteiger partial charge in [0.2, 0.25) is 0 Å². The highest BCUT2D eigenvalue weighted by Crippen LogP contribution is 2.03. The maximum absolute atomic E-state index is 11.7. The van der Waals surface area contributed by atoms with Crippen LogP contribution in [0.4, 0.5) is 4.79 Å². The average molecular weight is 262 g/mol. The van der Waals surface area contributed by atoms with E-state index in [0.717, 1.165) is 5.56 Å². The molecule has 1 atom stereocenters. The number of hydrogen-bond donors (Lipinski definition) is 2. The monoisotopic (exact) mass is 262 g/mol. The molecule has 0 heterocycles. The Labute approximate surface area is 114 Å². The molecule has 0 bridgehead atoms. The molecule has 5 nitrogen and oxygen atoms in total. The van der Waals surface area contributed by atoms with Crippen LogP contribution in [0.25, 0.3) is 0 Å². The predicted molar refractivity (Wildman–Crippen MR) is 73.9 cm³/mol. The minimum atomic E-state index is -1.04. The van der Waals surface area contributed by atoms with Crippen LogP contribution in [0.15, 0.2) is 30.3 Å².